The Morgan fingerprint density at radius 3 is 2.59 bits per heavy atom. The fraction of sp³-hybridized carbons (Fsp3) is 0.348. The number of para-hydroxylation sites is 1. The normalized spacial score (nSPS) is 14.2. The zero-order valence-electron chi connectivity index (χ0n) is 19.0. The molecular formula is C23H26N4O6S. The van der Waals surface area contributed by atoms with Crippen LogP contribution in [0.25, 0.3) is 0 Å². The quantitative estimate of drug-likeness (QED) is 0.488. The second-order valence-electron chi connectivity index (χ2n) is 7.67. The summed E-state index contributed by atoms with van der Waals surface area (Å²) in [6.45, 7) is 4.74. The van der Waals surface area contributed by atoms with Crippen LogP contribution >= 0.6 is 0 Å². The van der Waals surface area contributed by atoms with Gasteiger partial charge < -0.3 is 19.3 Å². The molecule has 1 saturated heterocycles. The molecule has 1 fully saturated rings. The molecule has 180 valence electrons. The Morgan fingerprint density at radius 2 is 1.88 bits per heavy atom. The van der Waals surface area contributed by atoms with E-state index >= 15 is 0 Å². The predicted molar refractivity (Wildman–Crippen MR) is 123 cm³/mol. The third-order valence-electron chi connectivity index (χ3n) is 5.24. The minimum absolute atomic E-state index is 0.0307. The van der Waals surface area contributed by atoms with Gasteiger partial charge in [-0.1, -0.05) is 17.3 Å². The number of carbonyl (C=O) groups is 1. The third-order valence-corrected chi connectivity index (χ3v) is 7.16. The number of benzene rings is 2. The largest absolute Gasteiger partial charge is 0.492 e. The van der Waals surface area contributed by atoms with Crippen LogP contribution in [0.4, 0.5) is 5.69 Å². The fourth-order valence-electron chi connectivity index (χ4n) is 3.65. The number of ether oxygens (including phenoxy) is 2. The van der Waals surface area contributed by atoms with Gasteiger partial charge in [0.1, 0.15) is 16.4 Å². The molecule has 1 amide bonds. The lowest BCUT2D eigenvalue weighted by atomic mass is 10.2. The van der Waals surface area contributed by atoms with Crippen LogP contribution < -0.4 is 14.8 Å². The maximum Gasteiger partial charge on any atom is 0.259 e. The lowest BCUT2D eigenvalue weighted by molar-refractivity contribution is 0.102. The number of amides is 1. The molecule has 0 radical (unpaired) electrons. The minimum atomic E-state index is -3.75. The van der Waals surface area contributed by atoms with Crippen LogP contribution in [-0.4, -0.2) is 48.5 Å². The van der Waals surface area contributed by atoms with Gasteiger partial charge in [0.05, 0.1) is 12.2 Å². The third kappa shape index (κ3) is 5.20. The monoisotopic (exact) mass is 486 g/mol. The molecule has 1 aliphatic rings. The molecule has 0 unspecified atom stereocenters. The zero-order chi connectivity index (χ0) is 24.1. The Balaban J connectivity index is 1.56. The molecule has 0 aliphatic carbocycles. The Hall–Kier alpha value is -3.44. The topological polar surface area (TPSA) is 124 Å². The van der Waals surface area contributed by atoms with E-state index in [0.29, 0.717) is 42.8 Å². The highest BCUT2D eigenvalue weighted by atomic mass is 32.2. The second kappa shape index (κ2) is 10.2. The van der Waals surface area contributed by atoms with E-state index in [1.54, 1.807) is 50.2 Å². The molecule has 1 aliphatic heterocycles. The van der Waals surface area contributed by atoms with E-state index in [2.05, 4.69) is 15.5 Å². The van der Waals surface area contributed by atoms with Gasteiger partial charge in [-0.25, -0.2) is 8.42 Å². The van der Waals surface area contributed by atoms with E-state index in [9.17, 15) is 13.2 Å². The molecule has 0 bridgehead atoms. The lowest BCUT2D eigenvalue weighted by Gasteiger charge is -2.19. The van der Waals surface area contributed by atoms with Crippen LogP contribution in [0, 0.1) is 6.92 Å². The van der Waals surface area contributed by atoms with Crippen molar-refractivity contribution in [2.24, 2.45) is 0 Å². The number of carbonyl (C=O) groups excluding carboxylic acids is 1. The minimum Gasteiger partial charge on any atom is -0.492 e. The summed E-state index contributed by atoms with van der Waals surface area (Å²) in [5.41, 5.74) is 0.607. The Labute approximate surface area is 197 Å². The number of nitrogens with one attached hydrogen (secondary N) is 1. The second-order valence-corrected chi connectivity index (χ2v) is 9.58. The number of aromatic nitrogens is 2. The number of aryl methyl sites for hydroxylation is 1. The van der Waals surface area contributed by atoms with Gasteiger partial charge in [-0.05, 0) is 50.1 Å². The highest BCUT2D eigenvalue weighted by molar-refractivity contribution is 7.89. The van der Waals surface area contributed by atoms with Crippen molar-refractivity contribution < 1.29 is 27.2 Å². The standard InChI is InChI=1S/C23H26N4O6S/c1-3-31-20-11-10-17(14-21(20)34(29,30)27-12-6-7-13-27)25-23(28)18-8-4-5-9-19(18)32-15-22-24-16(2)33-26-22/h4-5,8-11,14H,3,6-7,12-13,15H2,1-2H3,(H,25,28). The van der Waals surface area contributed by atoms with Crippen LogP contribution in [0.15, 0.2) is 51.9 Å². The van der Waals surface area contributed by atoms with E-state index in [-0.39, 0.29) is 22.8 Å². The van der Waals surface area contributed by atoms with Crippen LogP contribution in [0.2, 0.25) is 0 Å². The summed E-state index contributed by atoms with van der Waals surface area (Å²) in [7, 11) is -3.75. The summed E-state index contributed by atoms with van der Waals surface area (Å²) < 4.78 is 44.1. The molecule has 11 heteroatoms. The highest BCUT2D eigenvalue weighted by Crippen LogP contribution is 2.32. The van der Waals surface area contributed by atoms with Crippen molar-refractivity contribution in [3.8, 4) is 11.5 Å². The van der Waals surface area contributed by atoms with Crippen LogP contribution in [0.1, 0.15) is 41.8 Å². The van der Waals surface area contributed by atoms with Crippen molar-refractivity contribution in [3.05, 3.63) is 59.7 Å². The van der Waals surface area contributed by atoms with Gasteiger partial charge in [0.15, 0.2) is 6.61 Å². The maximum atomic E-state index is 13.2. The van der Waals surface area contributed by atoms with E-state index in [0.717, 1.165) is 12.8 Å². The van der Waals surface area contributed by atoms with E-state index < -0.39 is 15.9 Å². The average molecular weight is 487 g/mol. The van der Waals surface area contributed by atoms with Crippen LogP contribution in [0.3, 0.4) is 0 Å². The van der Waals surface area contributed by atoms with E-state index in [1.807, 2.05) is 0 Å². The summed E-state index contributed by atoms with van der Waals surface area (Å²) in [6.07, 6.45) is 1.64. The number of nitrogens with zero attached hydrogens (tertiary/aromatic N) is 3. The van der Waals surface area contributed by atoms with Crippen molar-refractivity contribution >= 4 is 21.6 Å². The molecule has 0 atom stereocenters. The van der Waals surface area contributed by atoms with Gasteiger partial charge in [-0.2, -0.15) is 9.29 Å². The molecule has 1 aromatic heterocycles. The first-order valence-corrected chi connectivity index (χ1v) is 12.4. The van der Waals surface area contributed by atoms with Gasteiger partial charge in [0.2, 0.25) is 21.7 Å². The summed E-state index contributed by atoms with van der Waals surface area (Å²) in [6, 6.07) is 11.3. The van der Waals surface area contributed by atoms with Gasteiger partial charge in [-0.3, -0.25) is 4.79 Å². The van der Waals surface area contributed by atoms with Crippen molar-refractivity contribution in [2.45, 2.75) is 38.2 Å². The first kappa shape index (κ1) is 23.7. The van der Waals surface area contributed by atoms with Crippen molar-refractivity contribution in [1.82, 2.24) is 14.4 Å². The summed E-state index contributed by atoms with van der Waals surface area (Å²) >= 11 is 0. The first-order valence-electron chi connectivity index (χ1n) is 11.0. The zero-order valence-corrected chi connectivity index (χ0v) is 19.8. The fourth-order valence-corrected chi connectivity index (χ4v) is 5.32. The lowest BCUT2D eigenvalue weighted by Crippen LogP contribution is -2.28. The maximum absolute atomic E-state index is 13.2. The number of sulfonamides is 1. The van der Waals surface area contributed by atoms with Crippen molar-refractivity contribution in [1.29, 1.82) is 0 Å². The molecule has 0 spiro atoms. The Bertz CT molecular complexity index is 1270. The van der Waals surface area contributed by atoms with Crippen LogP contribution in [0.5, 0.6) is 11.5 Å². The van der Waals surface area contributed by atoms with Gasteiger partial charge in [0.25, 0.3) is 5.91 Å². The number of hydrogen-bond donors (Lipinski definition) is 1. The number of anilines is 1. The highest BCUT2D eigenvalue weighted by Gasteiger charge is 2.30. The SMILES string of the molecule is CCOc1ccc(NC(=O)c2ccccc2OCc2noc(C)n2)cc1S(=O)(=O)N1CCCC1. The molecule has 4 rings (SSSR count). The molecule has 0 saturated carbocycles. The molecule has 2 aromatic carbocycles. The average Bonchev–Trinajstić information content (AvgIpc) is 3.51. The van der Waals surface area contributed by atoms with Crippen molar-refractivity contribution in [3.63, 3.8) is 0 Å². The molecule has 3 aromatic rings. The predicted octanol–water partition coefficient (Wildman–Crippen LogP) is 3.39. The van der Waals surface area contributed by atoms with Crippen LogP contribution in [-0.2, 0) is 16.6 Å². The summed E-state index contributed by atoms with van der Waals surface area (Å²) in [4.78, 5) is 17.2. The smallest absolute Gasteiger partial charge is 0.259 e. The summed E-state index contributed by atoms with van der Waals surface area (Å²) in [5, 5.41) is 6.54. The Morgan fingerprint density at radius 1 is 1.12 bits per heavy atom. The number of hydrogen-bond acceptors (Lipinski definition) is 8. The first-order chi connectivity index (χ1) is 16.4. The van der Waals surface area contributed by atoms with Gasteiger partial charge in [-0.15, -0.1) is 0 Å². The Kier molecular flexibility index (Phi) is 7.13. The van der Waals surface area contributed by atoms with E-state index in [4.69, 9.17) is 14.0 Å². The number of rotatable bonds is 9. The summed E-state index contributed by atoms with van der Waals surface area (Å²) in [5.74, 6) is 0.911. The molecule has 10 nitrogen and oxygen atoms in total. The molecule has 2 heterocycles. The molecule has 34 heavy (non-hydrogen) atoms. The van der Waals surface area contributed by atoms with E-state index in [1.165, 1.54) is 10.4 Å². The molecule has 1 N–H and O–H groups in total. The van der Waals surface area contributed by atoms with Gasteiger partial charge in [0, 0.05) is 25.7 Å². The van der Waals surface area contributed by atoms with Gasteiger partial charge >= 0.3 is 0 Å². The van der Waals surface area contributed by atoms with Crippen molar-refractivity contribution in [2.75, 3.05) is 25.0 Å². The molecular weight excluding hydrogens is 460 g/mol.